The van der Waals surface area contributed by atoms with Gasteiger partial charge in [-0.3, -0.25) is 4.99 Å². The summed E-state index contributed by atoms with van der Waals surface area (Å²) in [4.78, 5) is 6.60. The Kier molecular flexibility index (Phi) is 3.50. The Morgan fingerprint density at radius 2 is 2.21 bits per heavy atom. The van der Waals surface area contributed by atoms with Gasteiger partial charge >= 0.3 is 0 Å². The number of aliphatic imine (C=N–C) groups is 1. The summed E-state index contributed by atoms with van der Waals surface area (Å²) in [6.45, 7) is 3.84. The molecule has 0 amide bonds. The van der Waals surface area contributed by atoms with Crippen LogP contribution in [-0.4, -0.2) is 33.5 Å². The van der Waals surface area contributed by atoms with Crippen molar-refractivity contribution in [3.8, 4) is 0 Å². The zero-order chi connectivity index (χ0) is 13.5. The highest BCUT2D eigenvalue weighted by Crippen LogP contribution is 2.47. The first-order valence-electron chi connectivity index (χ1n) is 6.63. The van der Waals surface area contributed by atoms with Crippen molar-refractivity contribution >= 4 is 28.5 Å². The first kappa shape index (κ1) is 13.3. The Bertz CT molecular complexity index is 505. The molecule has 2 heterocycles. The lowest BCUT2D eigenvalue weighted by molar-refractivity contribution is -0.0727. The lowest BCUT2D eigenvalue weighted by Gasteiger charge is -2.38. The highest BCUT2D eigenvalue weighted by Gasteiger charge is 2.52. The van der Waals surface area contributed by atoms with Crippen LogP contribution in [0.1, 0.15) is 25.3 Å². The number of nitrogens with zero attached hydrogens (tertiary/aromatic N) is 2. The summed E-state index contributed by atoms with van der Waals surface area (Å²) in [5.41, 5.74) is -0.0492. The minimum atomic E-state index is -0.955. The van der Waals surface area contributed by atoms with Crippen molar-refractivity contribution in [1.29, 1.82) is 0 Å². The van der Waals surface area contributed by atoms with Crippen molar-refractivity contribution in [3.05, 3.63) is 34.9 Å². The van der Waals surface area contributed by atoms with Crippen LogP contribution >= 0.6 is 23.4 Å². The molecule has 0 aliphatic carbocycles. The number of fused-ring (bicyclic) bond motifs is 1. The number of amidine groups is 1. The average Bonchev–Trinajstić information content (AvgIpc) is 2.74. The van der Waals surface area contributed by atoms with Gasteiger partial charge in [0.25, 0.3) is 0 Å². The Hall–Kier alpha value is -0.710. The van der Waals surface area contributed by atoms with Gasteiger partial charge in [0.05, 0.1) is 5.25 Å². The molecular formula is C14H17ClN2OS. The summed E-state index contributed by atoms with van der Waals surface area (Å²) in [5, 5.41) is 13.1. The summed E-state index contributed by atoms with van der Waals surface area (Å²) >= 11 is 7.64. The van der Waals surface area contributed by atoms with Crippen molar-refractivity contribution in [3.63, 3.8) is 0 Å². The third-order valence-corrected chi connectivity index (χ3v) is 5.52. The Morgan fingerprint density at radius 3 is 2.89 bits per heavy atom. The van der Waals surface area contributed by atoms with Crippen LogP contribution in [0.5, 0.6) is 0 Å². The molecular weight excluding hydrogens is 280 g/mol. The van der Waals surface area contributed by atoms with E-state index in [4.69, 9.17) is 11.6 Å². The molecule has 0 saturated carbocycles. The predicted molar refractivity (Wildman–Crippen MR) is 80.6 cm³/mol. The average molecular weight is 297 g/mol. The van der Waals surface area contributed by atoms with E-state index in [-0.39, 0.29) is 5.25 Å². The van der Waals surface area contributed by atoms with Crippen molar-refractivity contribution in [2.75, 3.05) is 13.1 Å². The van der Waals surface area contributed by atoms with Gasteiger partial charge < -0.3 is 10.0 Å². The first-order chi connectivity index (χ1) is 9.16. The molecule has 19 heavy (non-hydrogen) atoms. The van der Waals surface area contributed by atoms with E-state index in [1.807, 2.05) is 24.3 Å². The summed E-state index contributed by atoms with van der Waals surface area (Å²) in [6.07, 6.45) is 1.90. The van der Waals surface area contributed by atoms with Gasteiger partial charge in [-0.15, -0.1) is 0 Å². The summed E-state index contributed by atoms with van der Waals surface area (Å²) in [6, 6.07) is 7.52. The third-order valence-electron chi connectivity index (χ3n) is 3.77. The maximum Gasteiger partial charge on any atom is 0.178 e. The number of halogens is 1. The number of hydrogen-bond donors (Lipinski definition) is 1. The SMILES string of the molecule is CCC1SC2=NCCCN2C1(O)c1ccc(Cl)cc1. The minimum Gasteiger partial charge on any atom is -0.366 e. The van der Waals surface area contributed by atoms with Crippen LogP contribution in [0.25, 0.3) is 0 Å². The summed E-state index contributed by atoms with van der Waals surface area (Å²) in [7, 11) is 0. The maximum absolute atomic E-state index is 11.3. The standard InChI is InChI=1S/C14H17ClN2OS/c1-2-12-14(18,10-4-6-11(15)7-5-10)17-9-3-8-16-13(17)19-12/h4-7,12,18H,2-3,8-9H2,1H3. The van der Waals surface area contributed by atoms with Gasteiger partial charge in [-0.05, 0) is 25.0 Å². The highest BCUT2D eigenvalue weighted by atomic mass is 35.5. The molecule has 0 bridgehead atoms. The highest BCUT2D eigenvalue weighted by molar-refractivity contribution is 8.14. The van der Waals surface area contributed by atoms with E-state index in [0.717, 1.165) is 36.7 Å². The second kappa shape index (κ2) is 5.00. The van der Waals surface area contributed by atoms with E-state index in [9.17, 15) is 5.11 Å². The molecule has 0 spiro atoms. The van der Waals surface area contributed by atoms with Crippen molar-refractivity contribution in [1.82, 2.24) is 4.90 Å². The van der Waals surface area contributed by atoms with Gasteiger partial charge in [0.1, 0.15) is 0 Å². The van der Waals surface area contributed by atoms with Crippen molar-refractivity contribution in [2.24, 2.45) is 4.99 Å². The fourth-order valence-corrected chi connectivity index (χ4v) is 4.29. The number of hydrogen-bond acceptors (Lipinski definition) is 4. The molecule has 1 aromatic carbocycles. The normalized spacial score (nSPS) is 30.2. The molecule has 5 heteroatoms. The summed E-state index contributed by atoms with van der Waals surface area (Å²) in [5.74, 6) is 0. The van der Waals surface area contributed by atoms with Crippen LogP contribution in [0.15, 0.2) is 29.3 Å². The van der Waals surface area contributed by atoms with E-state index in [1.165, 1.54) is 0 Å². The number of thioether (sulfide) groups is 1. The molecule has 1 aromatic rings. The molecule has 2 aliphatic heterocycles. The van der Waals surface area contributed by atoms with Crippen molar-refractivity contribution in [2.45, 2.75) is 30.7 Å². The lowest BCUT2D eigenvalue weighted by atomic mass is 9.95. The molecule has 0 aromatic heterocycles. The quantitative estimate of drug-likeness (QED) is 0.911. The summed E-state index contributed by atoms with van der Waals surface area (Å²) < 4.78 is 0. The molecule has 2 atom stereocenters. The predicted octanol–water partition coefficient (Wildman–Crippen LogP) is 3.07. The second-order valence-electron chi connectivity index (χ2n) is 4.92. The van der Waals surface area contributed by atoms with Crippen LogP contribution in [0, 0.1) is 0 Å². The van der Waals surface area contributed by atoms with Gasteiger partial charge in [0.2, 0.25) is 0 Å². The zero-order valence-electron chi connectivity index (χ0n) is 10.8. The number of rotatable bonds is 2. The second-order valence-corrected chi connectivity index (χ2v) is 6.52. The molecule has 1 fully saturated rings. The fraction of sp³-hybridized carbons (Fsp3) is 0.500. The van der Waals surface area contributed by atoms with Gasteiger partial charge in [-0.2, -0.15) is 0 Å². The molecule has 2 unspecified atom stereocenters. The van der Waals surface area contributed by atoms with E-state index < -0.39 is 5.72 Å². The van der Waals surface area contributed by atoms with E-state index in [1.54, 1.807) is 11.8 Å². The molecule has 102 valence electrons. The molecule has 0 radical (unpaired) electrons. The number of aliphatic hydroxyl groups is 1. The molecule has 3 rings (SSSR count). The Morgan fingerprint density at radius 1 is 1.47 bits per heavy atom. The third kappa shape index (κ3) is 2.06. The maximum atomic E-state index is 11.3. The minimum absolute atomic E-state index is 0.116. The van der Waals surface area contributed by atoms with Crippen molar-refractivity contribution < 1.29 is 5.11 Å². The Labute approximate surface area is 122 Å². The smallest absolute Gasteiger partial charge is 0.178 e. The molecule has 3 nitrogen and oxygen atoms in total. The first-order valence-corrected chi connectivity index (χ1v) is 7.89. The van der Waals surface area contributed by atoms with E-state index in [0.29, 0.717) is 5.02 Å². The molecule has 1 N–H and O–H groups in total. The van der Waals surface area contributed by atoms with Crippen LogP contribution in [-0.2, 0) is 5.72 Å². The van der Waals surface area contributed by atoms with Gasteiger partial charge in [-0.1, -0.05) is 42.4 Å². The van der Waals surface area contributed by atoms with Gasteiger partial charge in [0.15, 0.2) is 10.9 Å². The van der Waals surface area contributed by atoms with Gasteiger partial charge in [0, 0.05) is 23.7 Å². The largest absolute Gasteiger partial charge is 0.366 e. The van der Waals surface area contributed by atoms with E-state index >= 15 is 0 Å². The van der Waals surface area contributed by atoms with Crippen LogP contribution in [0.4, 0.5) is 0 Å². The molecule has 1 saturated heterocycles. The van der Waals surface area contributed by atoms with Crippen LogP contribution < -0.4 is 0 Å². The topological polar surface area (TPSA) is 35.8 Å². The van der Waals surface area contributed by atoms with Crippen LogP contribution in [0.2, 0.25) is 5.02 Å². The fourth-order valence-electron chi connectivity index (χ4n) is 2.79. The lowest BCUT2D eigenvalue weighted by Crippen LogP contribution is -2.50. The van der Waals surface area contributed by atoms with Gasteiger partial charge in [-0.25, -0.2) is 0 Å². The Balaban J connectivity index is 2.05. The van der Waals surface area contributed by atoms with E-state index in [2.05, 4.69) is 16.8 Å². The number of benzene rings is 1. The zero-order valence-corrected chi connectivity index (χ0v) is 12.4. The van der Waals surface area contributed by atoms with Crippen LogP contribution in [0.3, 0.4) is 0 Å². The monoisotopic (exact) mass is 296 g/mol. The molecule has 2 aliphatic rings.